The summed E-state index contributed by atoms with van der Waals surface area (Å²) in [7, 11) is -3.57. The molecule has 2 aliphatic rings. The van der Waals surface area contributed by atoms with Crippen molar-refractivity contribution in [1.29, 1.82) is 0 Å². The first-order chi connectivity index (χ1) is 13.2. The molecule has 0 radical (unpaired) electrons. The highest BCUT2D eigenvalue weighted by Crippen LogP contribution is 2.27. The predicted octanol–water partition coefficient (Wildman–Crippen LogP) is 0.968. The molecule has 3 rings (SSSR count). The Hall–Kier alpha value is -1.55. The van der Waals surface area contributed by atoms with Crippen LogP contribution in [-0.4, -0.2) is 61.5 Å². The maximum absolute atomic E-state index is 13.5. The van der Waals surface area contributed by atoms with Crippen molar-refractivity contribution in [2.24, 2.45) is 17.4 Å². The average molecular weight is 413 g/mol. The first-order valence-corrected chi connectivity index (χ1v) is 11.1. The summed E-state index contributed by atoms with van der Waals surface area (Å²) < 4.78 is 40.8. The van der Waals surface area contributed by atoms with Crippen LogP contribution in [0.5, 0.6) is 0 Å². The molecule has 0 aliphatic carbocycles. The van der Waals surface area contributed by atoms with Crippen LogP contribution in [-0.2, 0) is 14.8 Å². The van der Waals surface area contributed by atoms with Gasteiger partial charge in [0, 0.05) is 19.5 Å². The lowest BCUT2D eigenvalue weighted by molar-refractivity contribution is -0.134. The molecule has 2 heterocycles. The van der Waals surface area contributed by atoms with Crippen molar-refractivity contribution < 1.29 is 17.6 Å². The summed E-state index contributed by atoms with van der Waals surface area (Å²) in [5.74, 6) is -0.376. The highest BCUT2D eigenvalue weighted by atomic mass is 32.2. The third-order valence-electron chi connectivity index (χ3n) is 5.62. The van der Waals surface area contributed by atoms with Crippen LogP contribution < -0.4 is 11.5 Å². The topological polar surface area (TPSA) is 110 Å². The van der Waals surface area contributed by atoms with Gasteiger partial charge in [0.05, 0.1) is 23.6 Å². The fourth-order valence-corrected chi connectivity index (χ4v) is 5.59. The minimum Gasteiger partial charge on any atom is -0.323 e. The Balaban J connectivity index is 1.63. The smallest absolute Gasteiger partial charge is 0.243 e. The lowest BCUT2D eigenvalue weighted by Gasteiger charge is -2.33. The molecule has 1 unspecified atom stereocenters. The second kappa shape index (κ2) is 8.44. The molecule has 7 nitrogen and oxygen atoms in total. The number of aryl methyl sites for hydroxylation is 1. The molecule has 0 spiro atoms. The van der Waals surface area contributed by atoms with Gasteiger partial charge >= 0.3 is 0 Å². The first kappa shape index (κ1) is 21.2. The van der Waals surface area contributed by atoms with Crippen LogP contribution in [0.4, 0.5) is 4.39 Å². The summed E-state index contributed by atoms with van der Waals surface area (Å²) in [4.78, 5) is 14.1. The monoisotopic (exact) mass is 412 g/mol. The van der Waals surface area contributed by atoms with E-state index in [-0.39, 0.29) is 29.7 Å². The van der Waals surface area contributed by atoms with Crippen LogP contribution in [0, 0.1) is 12.8 Å². The van der Waals surface area contributed by atoms with Crippen molar-refractivity contribution in [3.05, 3.63) is 29.8 Å². The number of carbonyl (C=O) groups is 1. The fourth-order valence-electron chi connectivity index (χ4n) is 4.04. The van der Waals surface area contributed by atoms with Crippen molar-refractivity contribution in [1.82, 2.24) is 9.21 Å². The first-order valence-electron chi connectivity index (χ1n) is 9.71. The zero-order chi connectivity index (χ0) is 20.5. The molecular formula is C19H29FN4O3S. The molecule has 1 amide bonds. The molecule has 0 bridgehead atoms. The van der Waals surface area contributed by atoms with Crippen LogP contribution >= 0.6 is 0 Å². The fraction of sp³-hybridized carbons (Fsp3) is 0.632. The van der Waals surface area contributed by atoms with Crippen molar-refractivity contribution in [2.45, 2.75) is 55.9 Å². The van der Waals surface area contributed by atoms with E-state index in [4.69, 9.17) is 11.5 Å². The number of benzene rings is 1. The Morgan fingerprint density at radius 2 is 1.96 bits per heavy atom. The molecule has 156 valence electrons. The summed E-state index contributed by atoms with van der Waals surface area (Å²) in [6, 6.07) is 5.99. The van der Waals surface area contributed by atoms with E-state index in [0.29, 0.717) is 25.9 Å². The second-order valence-corrected chi connectivity index (χ2v) is 9.86. The van der Waals surface area contributed by atoms with E-state index < -0.39 is 28.4 Å². The quantitative estimate of drug-likeness (QED) is 0.749. The highest BCUT2D eigenvalue weighted by molar-refractivity contribution is 7.89. The zero-order valence-electron chi connectivity index (χ0n) is 16.1. The molecule has 0 aromatic heterocycles. The van der Waals surface area contributed by atoms with Gasteiger partial charge in [0.25, 0.3) is 0 Å². The maximum atomic E-state index is 13.5. The molecule has 4 N–H and O–H groups in total. The normalized spacial score (nSPS) is 27.7. The molecule has 28 heavy (non-hydrogen) atoms. The lowest BCUT2D eigenvalue weighted by Crippen LogP contribution is -2.50. The lowest BCUT2D eigenvalue weighted by atomic mass is 9.92. The number of carbonyl (C=O) groups excluding carboxylic acids is 1. The van der Waals surface area contributed by atoms with Crippen molar-refractivity contribution in [2.75, 3.05) is 19.6 Å². The van der Waals surface area contributed by atoms with Crippen LogP contribution in [0.15, 0.2) is 29.2 Å². The number of piperidine rings is 1. The molecule has 0 saturated carbocycles. The molecule has 1 aromatic rings. The van der Waals surface area contributed by atoms with Crippen LogP contribution in [0.3, 0.4) is 0 Å². The van der Waals surface area contributed by atoms with E-state index >= 15 is 0 Å². The molecular weight excluding hydrogens is 383 g/mol. The van der Waals surface area contributed by atoms with Crippen LogP contribution in [0.25, 0.3) is 0 Å². The Labute approximate surface area is 165 Å². The number of amides is 1. The van der Waals surface area contributed by atoms with Crippen molar-refractivity contribution in [3.8, 4) is 0 Å². The predicted molar refractivity (Wildman–Crippen MR) is 104 cm³/mol. The van der Waals surface area contributed by atoms with Crippen molar-refractivity contribution >= 4 is 15.9 Å². The molecule has 9 heteroatoms. The van der Waals surface area contributed by atoms with Gasteiger partial charge in [-0.1, -0.05) is 17.7 Å². The van der Waals surface area contributed by atoms with Gasteiger partial charge < -0.3 is 16.4 Å². The summed E-state index contributed by atoms with van der Waals surface area (Å²) in [5.41, 5.74) is 12.9. The SMILES string of the molecule is Cc1ccc(S(=O)(=O)N2CCCC(C[C@H](N)C(=O)N3C[C@@H](F)C[C@H]3N)C2)cc1. The van der Waals surface area contributed by atoms with E-state index in [1.807, 2.05) is 6.92 Å². The third-order valence-corrected chi connectivity index (χ3v) is 7.50. The second-order valence-electron chi connectivity index (χ2n) is 7.92. The summed E-state index contributed by atoms with van der Waals surface area (Å²) >= 11 is 0. The standard InChI is InChI=1S/C19H29FN4O3S/c1-13-4-6-16(7-5-13)28(26,27)23-8-2-3-14(11-23)9-17(21)19(25)24-12-15(20)10-18(24)22/h4-7,14-15,17-18H,2-3,8-12,21-22H2,1H3/t14?,15-,17-,18-/m0/s1. The summed E-state index contributed by atoms with van der Waals surface area (Å²) in [6.07, 6.45) is 0.253. The molecule has 4 atom stereocenters. The summed E-state index contributed by atoms with van der Waals surface area (Å²) in [6.45, 7) is 2.67. The van der Waals surface area contributed by atoms with E-state index in [1.165, 1.54) is 9.21 Å². The van der Waals surface area contributed by atoms with Crippen molar-refractivity contribution in [3.63, 3.8) is 0 Å². The van der Waals surface area contributed by atoms with E-state index in [1.54, 1.807) is 24.3 Å². The third kappa shape index (κ3) is 4.53. The van der Waals surface area contributed by atoms with E-state index in [0.717, 1.165) is 12.0 Å². The minimum absolute atomic E-state index is 0.0204. The van der Waals surface area contributed by atoms with Gasteiger partial charge in [0.1, 0.15) is 6.17 Å². The average Bonchev–Trinajstić information content (AvgIpc) is 2.99. The zero-order valence-corrected chi connectivity index (χ0v) is 16.9. The van der Waals surface area contributed by atoms with Gasteiger partial charge in [-0.25, -0.2) is 12.8 Å². The Kier molecular flexibility index (Phi) is 6.38. The number of halogens is 1. The largest absolute Gasteiger partial charge is 0.323 e. The van der Waals surface area contributed by atoms with Gasteiger partial charge in [0.2, 0.25) is 15.9 Å². The Morgan fingerprint density at radius 1 is 1.29 bits per heavy atom. The number of hydrogen-bond donors (Lipinski definition) is 2. The van der Waals surface area contributed by atoms with E-state index in [9.17, 15) is 17.6 Å². The number of sulfonamides is 1. The number of nitrogens with zero attached hydrogens (tertiary/aromatic N) is 2. The van der Waals surface area contributed by atoms with Crippen LogP contribution in [0.1, 0.15) is 31.2 Å². The maximum Gasteiger partial charge on any atom is 0.243 e. The number of nitrogens with two attached hydrogens (primary N) is 2. The summed E-state index contributed by atoms with van der Waals surface area (Å²) in [5, 5.41) is 0. The molecule has 2 aliphatic heterocycles. The van der Waals surface area contributed by atoms with Gasteiger partial charge in [-0.2, -0.15) is 4.31 Å². The minimum atomic E-state index is -3.57. The molecule has 2 saturated heterocycles. The number of alkyl halides is 1. The number of likely N-dealkylation sites (tertiary alicyclic amines) is 1. The number of rotatable bonds is 5. The Morgan fingerprint density at radius 3 is 2.57 bits per heavy atom. The van der Waals surface area contributed by atoms with Crippen LogP contribution in [0.2, 0.25) is 0 Å². The highest BCUT2D eigenvalue weighted by Gasteiger charge is 2.37. The Bertz CT molecular complexity index is 802. The molecule has 1 aromatic carbocycles. The molecule has 2 fully saturated rings. The number of hydrogen-bond acceptors (Lipinski definition) is 5. The van der Waals surface area contributed by atoms with Gasteiger partial charge in [-0.05, 0) is 44.2 Å². The van der Waals surface area contributed by atoms with Gasteiger partial charge in [0.15, 0.2) is 0 Å². The van der Waals surface area contributed by atoms with E-state index in [2.05, 4.69) is 0 Å². The van der Waals surface area contributed by atoms with Gasteiger partial charge in [-0.3, -0.25) is 4.79 Å². The van der Waals surface area contributed by atoms with Gasteiger partial charge in [-0.15, -0.1) is 0 Å².